The predicted molar refractivity (Wildman–Crippen MR) is 236 cm³/mol. The fourth-order valence-corrected chi connectivity index (χ4v) is 11.8. The summed E-state index contributed by atoms with van der Waals surface area (Å²) >= 11 is 0. The molecule has 9 unspecified atom stereocenters. The van der Waals surface area contributed by atoms with Gasteiger partial charge in [0.05, 0.1) is 114 Å². The van der Waals surface area contributed by atoms with Crippen molar-refractivity contribution in [2.45, 2.75) is 219 Å². The van der Waals surface area contributed by atoms with Gasteiger partial charge in [-0.1, -0.05) is 13.3 Å². The number of rotatable bonds is 5. The van der Waals surface area contributed by atoms with Gasteiger partial charge in [0.15, 0.2) is 37.7 Å². The van der Waals surface area contributed by atoms with E-state index in [1.807, 2.05) is 0 Å². The first-order valence-electron chi connectivity index (χ1n) is 25.9. The second-order valence-corrected chi connectivity index (χ2v) is 21.0. The van der Waals surface area contributed by atoms with Crippen LogP contribution in [-0.4, -0.2) is 233 Å². The Morgan fingerprint density at radius 3 is 1.16 bits per heavy atom. The lowest BCUT2D eigenvalue weighted by molar-refractivity contribution is -0.329. The molecule has 0 aromatic carbocycles. The van der Waals surface area contributed by atoms with Crippen LogP contribution < -0.4 is 0 Å². The largest absolute Gasteiger partial charge is 0.390 e. The van der Waals surface area contributed by atoms with Crippen LogP contribution in [0.2, 0.25) is 0 Å². The summed E-state index contributed by atoms with van der Waals surface area (Å²) in [7, 11) is 3.26. The van der Waals surface area contributed by atoms with Crippen LogP contribution in [0.4, 0.5) is 0 Å². The molecule has 0 spiro atoms. The molecule has 30 fully saturated rings. The number of aliphatic hydroxyl groups is 6. The first-order valence-corrected chi connectivity index (χ1v) is 25.9. The second-order valence-electron chi connectivity index (χ2n) is 21.0. The van der Waals surface area contributed by atoms with E-state index in [1.54, 1.807) is 14.2 Å². The van der Waals surface area contributed by atoms with E-state index in [0.29, 0.717) is 58.3 Å². The molecule has 30 heterocycles. The molecule has 30 aliphatic rings. The second kappa shape index (κ2) is 25.3. The molecule has 30 rings (SSSR count). The molecular formula is C48H80O22. The molecular weight excluding hydrogens is 929 g/mol. The first-order chi connectivity index (χ1) is 33.9. The average Bonchev–Trinajstić information content (AvgIpc) is 3.34. The fourth-order valence-electron chi connectivity index (χ4n) is 11.8. The molecule has 0 aromatic rings. The van der Waals surface area contributed by atoms with Gasteiger partial charge in [-0.25, -0.2) is 0 Å². The molecule has 0 aromatic heterocycles. The molecule has 25 atom stereocenters. The Bertz CT molecular complexity index is 1570. The smallest absolute Gasteiger partial charge is 0.184 e. The van der Waals surface area contributed by atoms with E-state index < -0.39 is 117 Å². The summed E-state index contributed by atoms with van der Waals surface area (Å²) in [6.07, 6.45) is -10.0. The SMILES string of the molecule is CCCC(OC)[C@@H]1CC2CO[C@@H]1C[C@@H]1COC(O[C@@H]3CO[C@H](O[C@@H]4COC(OC5CO[C@H](O[C@@H]6CO[C@H](O[C@@H]7CO[C@H](CC8COC(O2)C(O)C8)[C@H](O)C7)[C@H](O)C6)[C@H](O)C5)C(OC)C4)[C@H](O)C3)[C@H](O)C1. The van der Waals surface area contributed by atoms with Crippen LogP contribution in [0.1, 0.15) is 84.0 Å². The van der Waals surface area contributed by atoms with Crippen LogP contribution in [0, 0.1) is 17.8 Å². The number of aliphatic hydroxyl groups excluding tert-OH is 6. The Balaban J connectivity index is 0.826. The highest BCUT2D eigenvalue weighted by atomic mass is 16.8. The van der Waals surface area contributed by atoms with Gasteiger partial charge in [-0.3, -0.25) is 0 Å². The number of methoxy groups -OCH3 is 2. The van der Waals surface area contributed by atoms with Crippen molar-refractivity contribution in [1.29, 1.82) is 0 Å². The van der Waals surface area contributed by atoms with Crippen molar-refractivity contribution in [2.24, 2.45) is 17.8 Å². The zero-order valence-electron chi connectivity index (χ0n) is 40.8. The maximum atomic E-state index is 11.3. The zero-order valence-corrected chi connectivity index (χ0v) is 40.8. The predicted octanol–water partition coefficient (Wildman–Crippen LogP) is -0.00830. The number of hydrogen-bond donors (Lipinski definition) is 6. The highest BCUT2D eigenvalue weighted by molar-refractivity contribution is 4.91. The lowest BCUT2D eigenvalue weighted by Crippen LogP contribution is -2.53. The van der Waals surface area contributed by atoms with Crippen molar-refractivity contribution in [3.8, 4) is 0 Å². The van der Waals surface area contributed by atoms with Gasteiger partial charge in [0, 0.05) is 52.2 Å². The van der Waals surface area contributed by atoms with Crippen molar-refractivity contribution >= 4 is 0 Å². The molecule has 0 radical (unpaired) electrons. The van der Waals surface area contributed by atoms with Crippen LogP contribution in [0.15, 0.2) is 0 Å². The third-order valence-corrected chi connectivity index (χ3v) is 15.5. The van der Waals surface area contributed by atoms with Crippen molar-refractivity contribution in [1.82, 2.24) is 0 Å². The van der Waals surface area contributed by atoms with Crippen LogP contribution >= 0.6 is 0 Å². The fraction of sp³-hybridized carbons (Fsp3) is 1.00. The van der Waals surface area contributed by atoms with Crippen LogP contribution in [0.3, 0.4) is 0 Å². The summed E-state index contributed by atoms with van der Waals surface area (Å²) in [4.78, 5) is 0. The molecule has 0 amide bonds. The summed E-state index contributed by atoms with van der Waals surface area (Å²) in [5, 5.41) is 66.9. The molecule has 22 nitrogen and oxygen atoms in total. The zero-order chi connectivity index (χ0) is 48.9. The van der Waals surface area contributed by atoms with Gasteiger partial charge in [0.2, 0.25) is 0 Å². The highest BCUT2D eigenvalue weighted by Gasteiger charge is 2.46. The molecule has 404 valence electrons. The molecule has 22 heteroatoms. The van der Waals surface area contributed by atoms with Gasteiger partial charge in [0.1, 0.15) is 36.6 Å². The number of hydrogen-bond acceptors (Lipinski definition) is 22. The third kappa shape index (κ3) is 13.7. The standard InChI is InChI=1S/C48H80O22/c1-4-5-39(55-2)32-10-26-18-57-40(32)8-24-6-34(50)44(59-16-24)67-28-12-37(53)47(62-20-28)69-31-15-42(56-3)48(64-23-31)70-30-14-38(54)46(63-22-30)68-29-13-36(52)45(61-21-29)66-27-11-33(49)41(58-19-27)9-25-7-35(51)43(65-26)60-17-25/h24-54H,4-23H2,1-3H3/t24-,25?,26?,27+,28+,29+,30?,31+,32+,33-,34-,35?,36-,37-,38-,39?,40-,41-,42?,43?,44?,45-,46-,47-,48?/m1/s1. The molecule has 0 aliphatic carbocycles. The van der Waals surface area contributed by atoms with E-state index in [1.165, 1.54) is 0 Å². The van der Waals surface area contributed by atoms with E-state index in [-0.39, 0.29) is 94.8 Å². The van der Waals surface area contributed by atoms with Gasteiger partial charge in [0.25, 0.3) is 0 Å². The third-order valence-electron chi connectivity index (χ3n) is 15.5. The van der Waals surface area contributed by atoms with E-state index in [2.05, 4.69) is 6.92 Å². The van der Waals surface area contributed by atoms with Crippen molar-refractivity contribution in [3.63, 3.8) is 0 Å². The first kappa shape index (κ1) is 53.9. The Labute approximate surface area is 409 Å². The maximum Gasteiger partial charge on any atom is 0.184 e. The van der Waals surface area contributed by atoms with Crippen LogP contribution in [-0.2, 0) is 75.8 Å². The minimum absolute atomic E-state index is 0.0180. The van der Waals surface area contributed by atoms with Gasteiger partial charge in [-0.2, -0.15) is 0 Å². The van der Waals surface area contributed by atoms with E-state index in [0.717, 1.165) is 12.8 Å². The Hall–Kier alpha value is -0.880. The minimum atomic E-state index is -1.05. The summed E-state index contributed by atoms with van der Waals surface area (Å²) in [6, 6.07) is 0. The maximum absolute atomic E-state index is 11.3. The average molecular weight is 1010 g/mol. The molecule has 30 saturated heterocycles. The van der Waals surface area contributed by atoms with Gasteiger partial charge >= 0.3 is 0 Å². The van der Waals surface area contributed by atoms with E-state index in [4.69, 9.17) is 75.8 Å². The normalized spacial score (nSPS) is 49.8. The molecule has 30 aliphatic heterocycles. The lowest BCUT2D eigenvalue weighted by atomic mass is 9.80. The molecule has 16 bridgehead atoms. The summed E-state index contributed by atoms with van der Waals surface area (Å²) in [5.41, 5.74) is 0. The number of ether oxygens (including phenoxy) is 16. The molecule has 6 N–H and O–H groups in total. The summed E-state index contributed by atoms with van der Waals surface area (Å²) in [5.74, 6) is -0.128. The van der Waals surface area contributed by atoms with Crippen LogP contribution in [0.25, 0.3) is 0 Å². The van der Waals surface area contributed by atoms with Gasteiger partial charge < -0.3 is 106 Å². The Morgan fingerprint density at radius 1 is 0.386 bits per heavy atom. The quantitative estimate of drug-likeness (QED) is 0.212. The minimum Gasteiger partial charge on any atom is -0.390 e. The van der Waals surface area contributed by atoms with E-state index in [9.17, 15) is 30.6 Å². The molecule has 70 heavy (non-hydrogen) atoms. The van der Waals surface area contributed by atoms with Gasteiger partial charge in [-0.15, -0.1) is 0 Å². The van der Waals surface area contributed by atoms with Crippen molar-refractivity contribution in [2.75, 3.05) is 67.1 Å². The van der Waals surface area contributed by atoms with Crippen LogP contribution in [0.5, 0.6) is 0 Å². The Morgan fingerprint density at radius 2 is 0.743 bits per heavy atom. The Kier molecular flexibility index (Phi) is 19.5. The van der Waals surface area contributed by atoms with E-state index >= 15 is 0 Å². The summed E-state index contributed by atoms with van der Waals surface area (Å²) < 4.78 is 97.6. The van der Waals surface area contributed by atoms with Crippen molar-refractivity contribution in [3.05, 3.63) is 0 Å². The molecule has 0 saturated carbocycles. The highest BCUT2D eigenvalue weighted by Crippen LogP contribution is 2.38. The monoisotopic (exact) mass is 1010 g/mol. The van der Waals surface area contributed by atoms with Gasteiger partial charge in [-0.05, 0) is 50.4 Å². The van der Waals surface area contributed by atoms with Crippen molar-refractivity contribution < 1.29 is 106 Å². The lowest BCUT2D eigenvalue weighted by Gasteiger charge is -2.44. The summed E-state index contributed by atoms with van der Waals surface area (Å²) in [6.45, 7) is 3.69. The topological polar surface area (TPSA) is 269 Å².